The highest BCUT2D eigenvalue weighted by atomic mass is 32.2. The first-order valence-corrected chi connectivity index (χ1v) is 10.7. The van der Waals surface area contributed by atoms with Gasteiger partial charge in [0.05, 0.1) is 19.9 Å². The fraction of sp³-hybridized carbons (Fsp3) is 0.524. The van der Waals surface area contributed by atoms with Crippen LogP contribution >= 0.6 is 11.8 Å². The average molecular weight is 406 g/mol. The minimum atomic E-state index is -0.0432. The molecule has 0 saturated carbocycles. The van der Waals surface area contributed by atoms with Crippen LogP contribution in [0.5, 0.6) is 11.5 Å². The summed E-state index contributed by atoms with van der Waals surface area (Å²) in [6.45, 7) is 9.33. The highest BCUT2D eigenvalue weighted by Crippen LogP contribution is 2.28. The van der Waals surface area contributed by atoms with Gasteiger partial charge >= 0.3 is 0 Å². The predicted molar refractivity (Wildman–Crippen MR) is 115 cm³/mol. The first-order chi connectivity index (χ1) is 13.6. The Morgan fingerprint density at radius 2 is 1.82 bits per heavy atom. The second kappa shape index (κ2) is 11.1. The minimum Gasteiger partial charge on any atom is -0.493 e. The van der Waals surface area contributed by atoms with E-state index >= 15 is 0 Å². The summed E-state index contributed by atoms with van der Waals surface area (Å²) in [4.78, 5) is 22.6. The Labute approximate surface area is 171 Å². The molecule has 0 unspecified atom stereocenters. The maximum atomic E-state index is 12.6. The number of ether oxygens (including phenoxy) is 2. The van der Waals surface area contributed by atoms with Gasteiger partial charge in [0.25, 0.3) is 5.56 Å². The van der Waals surface area contributed by atoms with Gasteiger partial charge in [-0.25, -0.2) is 4.98 Å². The van der Waals surface area contributed by atoms with Crippen LogP contribution in [0.1, 0.15) is 37.6 Å². The molecule has 0 aliphatic rings. The zero-order chi connectivity index (χ0) is 20.5. The van der Waals surface area contributed by atoms with Crippen molar-refractivity contribution in [3.05, 3.63) is 45.4 Å². The molecule has 0 saturated heterocycles. The van der Waals surface area contributed by atoms with Crippen LogP contribution in [0.2, 0.25) is 0 Å². The molecule has 0 radical (unpaired) electrons. The summed E-state index contributed by atoms with van der Waals surface area (Å²) in [5, 5.41) is 0.685. The fourth-order valence-electron chi connectivity index (χ4n) is 3.10. The van der Waals surface area contributed by atoms with Gasteiger partial charge in [0.2, 0.25) is 0 Å². The van der Waals surface area contributed by atoms with Crippen LogP contribution in [-0.4, -0.2) is 54.5 Å². The SMILES string of the molecule is CCc1c(Cc2ccc(OC)c(OC)c2)nc(SCCN(CC)CC)[nH]c1=O. The molecule has 1 N–H and O–H groups in total. The molecule has 0 aliphatic heterocycles. The van der Waals surface area contributed by atoms with E-state index in [2.05, 4.69) is 23.7 Å². The molecular formula is C21H31N3O3S. The standard InChI is InChI=1S/C21H31N3O3S/c1-6-16-17(13-15-9-10-18(26-4)19(14-15)27-5)22-21(23-20(16)25)28-12-11-24(7-2)8-3/h9-10,14H,6-8,11-13H2,1-5H3,(H,22,23,25). The van der Waals surface area contributed by atoms with Crippen molar-refractivity contribution in [1.29, 1.82) is 0 Å². The van der Waals surface area contributed by atoms with Crippen LogP contribution in [0, 0.1) is 0 Å². The molecule has 1 aromatic heterocycles. The second-order valence-electron chi connectivity index (χ2n) is 6.39. The molecule has 2 rings (SSSR count). The summed E-state index contributed by atoms with van der Waals surface area (Å²) in [5.41, 5.74) is 2.55. The summed E-state index contributed by atoms with van der Waals surface area (Å²) < 4.78 is 10.7. The van der Waals surface area contributed by atoms with Crippen molar-refractivity contribution >= 4 is 11.8 Å². The van der Waals surface area contributed by atoms with Crippen molar-refractivity contribution in [1.82, 2.24) is 14.9 Å². The first kappa shape index (κ1) is 22.3. The molecule has 154 valence electrons. The van der Waals surface area contributed by atoms with Crippen LogP contribution in [-0.2, 0) is 12.8 Å². The maximum absolute atomic E-state index is 12.6. The highest BCUT2D eigenvalue weighted by Gasteiger charge is 2.13. The van der Waals surface area contributed by atoms with Crippen molar-refractivity contribution in [2.45, 2.75) is 38.8 Å². The molecule has 1 heterocycles. The zero-order valence-electron chi connectivity index (χ0n) is 17.5. The van der Waals surface area contributed by atoms with Gasteiger partial charge in [0.1, 0.15) is 0 Å². The van der Waals surface area contributed by atoms with Crippen LogP contribution in [0.4, 0.5) is 0 Å². The molecule has 0 aliphatic carbocycles. The Morgan fingerprint density at radius 1 is 1.11 bits per heavy atom. The number of aromatic nitrogens is 2. The van der Waals surface area contributed by atoms with E-state index in [1.165, 1.54) is 0 Å². The number of benzene rings is 1. The van der Waals surface area contributed by atoms with Gasteiger partial charge in [-0.3, -0.25) is 4.79 Å². The third-order valence-electron chi connectivity index (χ3n) is 4.79. The van der Waals surface area contributed by atoms with Crippen molar-refractivity contribution in [3.63, 3.8) is 0 Å². The first-order valence-electron chi connectivity index (χ1n) is 9.74. The van der Waals surface area contributed by atoms with E-state index in [-0.39, 0.29) is 5.56 Å². The Kier molecular flexibility index (Phi) is 8.86. The number of methoxy groups -OCH3 is 2. The van der Waals surface area contributed by atoms with Crippen LogP contribution in [0.3, 0.4) is 0 Å². The largest absolute Gasteiger partial charge is 0.493 e. The molecule has 2 aromatic rings. The van der Waals surface area contributed by atoms with Crippen LogP contribution in [0.15, 0.2) is 28.2 Å². The molecule has 0 amide bonds. The number of aromatic amines is 1. The minimum absolute atomic E-state index is 0.0432. The molecule has 28 heavy (non-hydrogen) atoms. The Balaban J connectivity index is 2.23. The van der Waals surface area contributed by atoms with Crippen molar-refractivity contribution in [2.24, 2.45) is 0 Å². The van der Waals surface area contributed by atoms with Crippen molar-refractivity contribution in [2.75, 3.05) is 39.6 Å². The van der Waals surface area contributed by atoms with E-state index in [1.807, 2.05) is 25.1 Å². The lowest BCUT2D eigenvalue weighted by molar-refractivity contribution is 0.324. The van der Waals surface area contributed by atoms with E-state index in [1.54, 1.807) is 26.0 Å². The summed E-state index contributed by atoms with van der Waals surface area (Å²) >= 11 is 1.60. The third-order valence-corrected chi connectivity index (χ3v) is 5.65. The monoisotopic (exact) mass is 405 g/mol. The van der Waals surface area contributed by atoms with Crippen LogP contribution < -0.4 is 15.0 Å². The predicted octanol–water partition coefficient (Wildman–Crippen LogP) is 3.37. The normalized spacial score (nSPS) is 11.1. The molecule has 6 nitrogen and oxygen atoms in total. The zero-order valence-corrected chi connectivity index (χ0v) is 18.3. The topological polar surface area (TPSA) is 67.5 Å². The number of hydrogen-bond donors (Lipinski definition) is 1. The number of H-pyrrole nitrogens is 1. The fourth-order valence-corrected chi connectivity index (χ4v) is 3.98. The number of hydrogen-bond acceptors (Lipinski definition) is 6. The molecule has 0 atom stereocenters. The number of rotatable bonds is 11. The van der Waals surface area contributed by atoms with Gasteiger partial charge in [-0.15, -0.1) is 0 Å². The van der Waals surface area contributed by atoms with E-state index in [4.69, 9.17) is 14.5 Å². The van der Waals surface area contributed by atoms with Gasteiger partial charge in [-0.05, 0) is 37.2 Å². The van der Waals surface area contributed by atoms with Gasteiger partial charge < -0.3 is 19.4 Å². The smallest absolute Gasteiger partial charge is 0.254 e. The lowest BCUT2D eigenvalue weighted by atomic mass is 10.0. The van der Waals surface area contributed by atoms with E-state index < -0.39 is 0 Å². The second-order valence-corrected chi connectivity index (χ2v) is 7.47. The highest BCUT2D eigenvalue weighted by molar-refractivity contribution is 7.99. The Bertz CT molecular complexity index is 819. The Hall–Kier alpha value is -1.99. The van der Waals surface area contributed by atoms with E-state index in [9.17, 15) is 4.79 Å². The lowest BCUT2D eigenvalue weighted by Gasteiger charge is -2.17. The van der Waals surface area contributed by atoms with Gasteiger partial charge in [-0.2, -0.15) is 0 Å². The van der Waals surface area contributed by atoms with E-state index in [0.29, 0.717) is 29.5 Å². The quantitative estimate of drug-likeness (QED) is 0.457. The van der Waals surface area contributed by atoms with Crippen molar-refractivity contribution in [3.8, 4) is 11.5 Å². The summed E-state index contributed by atoms with van der Waals surface area (Å²) in [7, 11) is 3.24. The summed E-state index contributed by atoms with van der Waals surface area (Å²) in [6.07, 6.45) is 1.23. The van der Waals surface area contributed by atoms with E-state index in [0.717, 1.165) is 42.2 Å². The molecular weight excluding hydrogens is 374 g/mol. The third kappa shape index (κ3) is 5.75. The number of thioether (sulfide) groups is 1. The summed E-state index contributed by atoms with van der Waals surface area (Å²) in [5.74, 6) is 2.26. The lowest BCUT2D eigenvalue weighted by Crippen LogP contribution is -2.25. The molecule has 0 fully saturated rings. The van der Waals surface area contributed by atoms with Gasteiger partial charge in [0, 0.05) is 24.3 Å². The molecule has 7 heteroatoms. The summed E-state index contributed by atoms with van der Waals surface area (Å²) in [6, 6.07) is 5.80. The van der Waals surface area contributed by atoms with Gasteiger partial charge in [-0.1, -0.05) is 38.6 Å². The Morgan fingerprint density at radius 3 is 2.43 bits per heavy atom. The molecule has 1 aromatic carbocycles. The maximum Gasteiger partial charge on any atom is 0.254 e. The molecule has 0 spiro atoms. The molecule has 0 bridgehead atoms. The van der Waals surface area contributed by atoms with Crippen LogP contribution in [0.25, 0.3) is 0 Å². The number of nitrogens with one attached hydrogen (secondary N) is 1. The average Bonchev–Trinajstić information content (AvgIpc) is 2.71. The van der Waals surface area contributed by atoms with Gasteiger partial charge in [0.15, 0.2) is 16.7 Å². The number of nitrogens with zero attached hydrogens (tertiary/aromatic N) is 2. The van der Waals surface area contributed by atoms with Crippen molar-refractivity contribution < 1.29 is 9.47 Å².